The monoisotopic (exact) mass is 378 g/mol. The van der Waals surface area contributed by atoms with Crippen LogP contribution < -0.4 is 10.6 Å². The van der Waals surface area contributed by atoms with Crippen molar-refractivity contribution in [1.82, 2.24) is 15.1 Å². The van der Waals surface area contributed by atoms with E-state index in [1.54, 1.807) is 24.1 Å². The molecule has 1 saturated heterocycles. The number of hydrogen-bond acceptors (Lipinski definition) is 3. The number of hydrogen-bond donors (Lipinski definition) is 2. The average Bonchev–Trinajstić information content (AvgIpc) is 3.16. The number of carbonyl (C=O) groups excluding carboxylic acids is 2. The zero-order valence-corrected chi connectivity index (χ0v) is 16.0. The molecular formula is C19H27ClN4O2. The Morgan fingerprint density at radius 2 is 1.85 bits per heavy atom. The maximum absolute atomic E-state index is 12.5. The van der Waals surface area contributed by atoms with Gasteiger partial charge in [-0.25, -0.2) is 4.79 Å². The van der Waals surface area contributed by atoms with E-state index in [2.05, 4.69) is 15.5 Å². The van der Waals surface area contributed by atoms with E-state index in [4.69, 9.17) is 11.6 Å². The molecule has 1 aromatic carbocycles. The number of urea groups is 1. The molecule has 2 aliphatic rings. The Balaban J connectivity index is 1.57. The zero-order valence-electron chi connectivity index (χ0n) is 15.2. The summed E-state index contributed by atoms with van der Waals surface area (Å²) in [7, 11) is 1.71. The summed E-state index contributed by atoms with van der Waals surface area (Å²) in [6.07, 6.45) is 4.65. The molecule has 6 nitrogen and oxygen atoms in total. The molecule has 2 N–H and O–H groups in total. The molecule has 1 saturated carbocycles. The molecule has 0 aromatic heterocycles. The highest BCUT2D eigenvalue weighted by Gasteiger charge is 2.36. The van der Waals surface area contributed by atoms with Crippen LogP contribution in [-0.4, -0.2) is 61.0 Å². The van der Waals surface area contributed by atoms with Gasteiger partial charge in [0.2, 0.25) is 5.91 Å². The molecular weight excluding hydrogens is 352 g/mol. The summed E-state index contributed by atoms with van der Waals surface area (Å²) in [6, 6.07) is 6.95. The second kappa shape index (κ2) is 8.73. The third kappa shape index (κ3) is 4.48. The molecule has 0 radical (unpaired) electrons. The first-order valence-electron chi connectivity index (χ1n) is 9.35. The summed E-state index contributed by atoms with van der Waals surface area (Å²) < 4.78 is 0. The number of nitrogens with zero attached hydrogens (tertiary/aromatic N) is 2. The molecule has 26 heavy (non-hydrogen) atoms. The van der Waals surface area contributed by atoms with E-state index < -0.39 is 0 Å². The van der Waals surface area contributed by atoms with Gasteiger partial charge >= 0.3 is 6.03 Å². The molecule has 1 aliphatic carbocycles. The smallest absolute Gasteiger partial charge is 0.321 e. The van der Waals surface area contributed by atoms with Crippen molar-refractivity contribution in [1.29, 1.82) is 0 Å². The van der Waals surface area contributed by atoms with E-state index >= 15 is 0 Å². The van der Waals surface area contributed by atoms with Crippen molar-refractivity contribution in [2.24, 2.45) is 5.92 Å². The minimum atomic E-state index is -0.121. The van der Waals surface area contributed by atoms with Gasteiger partial charge in [-0.3, -0.25) is 9.69 Å². The number of rotatable bonds is 4. The Morgan fingerprint density at radius 3 is 2.46 bits per heavy atom. The van der Waals surface area contributed by atoms with E-state index in [1.807, 2.05) is 12.1 Å². The molecule has 0 spiro atoms. The van der Waals surface area contributed by atoms with Crippen molar-refractivity contribution in [3.63, 3.8) is 0 Å². The van der Waals surface area contributed by atoms with Crippen LogP contribution in [0.4, 0.5) is 10.5 Å². The van der Waals surface area contributed by atoms with Gasteiger partial charge in [0.25, 0.3) is 0 Å². The maximum atomic E-state index is 12.5. The molecule has 7 heteroatoms. The summed E-state index contributed by atoms with van der Waals surface area (Å²) in [5, 5.41) is 6.31. The van der Waals surface area contributed by atoms with Gasteiger partial charge in [-0.1, -0.05) is 30.5 Å². The fraction of sp³-hybridized carbons (Fsp3) is 0.579. The van der Waals surface area contributed by atoms with Gasteiger partial charge in [0.1, 0.15) is 0 Å². The number of nitrogens with one attached hydrogen (secondary N) is 2. The summed E-state index contributed by atoms with van der Waals surface area (Å²) in [5.74, 6) is 0.538. The van der Waals surface area contributed by atoms with Crippen LogP contribution in [0.15, 0.2) is 24.3 Å². The number of amides is 3. The van der Waals surface area contributed by atoms with Crippen molar-refractivity contribution in [2.75, 3.05) is 38.5 Å². The number of benzene rings is 1. The van der Waals surface area contributed by atoms with Gasteiger partial charge in [-0.15, -0.1) is 0 Å². The van der Waals surface area contributed by atoms with Crippen molar-refractivity contribution in [3.8, 4) is 0 Å². The standard InChI is InChI=1S/C19H27ClN4O2/c1-21-18(25)17(14-5-2-3-6-14)23-9-11-24(12-10-23)19(26)22-16-8-4-7-15(20)13-16/h4,7-8,13-14,17H,2-3,5-6,9-12H2,1H3,(H,21,25)(H,22,26)/t17-/m1/s1. The van der Waals surface area contributed by atoms with Crippen LogP contribution in [0.25, 0.3) is 0 Å². The molecule has 2 fully saturated rings. The quantitative estimate of drug-likeness (QED) is 0.846. The molecule has 3 amide bonds. The third-order valence-corrected chi connectivity index (χ3v) is 5.67. The molecule has 1 aromatic rings. The first-order valence-corrected chi connectivity index (χ1v) is 9.73. The van der Waals surface area contributed by atoms with Crippen LogP contribution in [0.1, 0.15) is 25.7 Å². The number of carbonyl (C=O) groups is 2. The second-order valence-corrected chi connectivity index (χ2v) is 7.50. The van der Waals surface area contributed by atoms with Crippen LogP contribution in [0.5, 0.6) is 0 Å². The lowest BCUT2D eigenvalue weighted by Gasteiger charge is -2.40. The minimum Gasteiger partial charge on any atom is -0.358 e. The van der Waals surface area contributed by atoms with Gasteiger partial charge in [-0.2, -0.15) is 0 Å². The highest BCUT2D eigenvalue weighted by molar-refractivity contribution is 6.30. The zero-order chi connectivity index (χ0) is 18.5. The van der Waals surface area contributed by atoms with Gasteiger partial charge in [0.05, 0.1) is 6.04 Å². The van der Waals surface area contributed by atoms with Crippen LogP contribution in [0.2, 0.25) is 5.02 Å². The molecule has 1 heterocycles. The van der Waals surface area contributed by atoms with Crippen LogP contribution in [-0.2, 0) is 4.79 Å². The highest BCUT2D eigenvalue weighted by atomic mass is 35.5. The molecule has 0 bridgehead atoms. The topological polar surface area (TPSA) is 64.7 Å². The van der Waals surface area contributed by atoms with Crippen molar-refractivity contribution in [3.05, 3.63) is 29.3 Å². The van der Waals surface area contributed by atoms with Gasteiger partial charge in [0.15, 0.2) is 0 Å². The SMILES string of the molecule is CNC(=O)[C@@H](C1CCCC1)N1CCN(C(=O)Nc2cccc(Cl)c2)CC1. The summed E-state index contributed by atoms with van der Waals surface area (Å²) in [5.41, 5.74) is 0.694. The number of anilines is 1. The maximum Gasteiger partial charge on any atom is 0.321 e. The lowest BCUT2D eigenvalue weighted by molar-refractivity contribution is -0.128. The Bertz CT molecular complexity index is 640. The number of piperazine rings is 1. The summed E-state index contributed by atoms with van der Waals surface area (Å²) in [4.78, 5) is 29.0. The number of likely N-dealkylation sites (N-methyl/N-ethyl adjacent to an activating group) is 1. The largest absolute Gasteiger partial charge is 0.358 e. The Labute approximate surface area is 159 Å². The fourth-order valence-electron chi connectivity index (χ4n) is 4.07. The Morgan fingerprint density at radius 1 is 1.15 bits per heavy atom. The van der Waals surface area contributed by atoms with E-state index in [-0.39, 0.29) is 18.0 Å². The van der Waals surface area contributed by atoms with Gasteiger partial charge in [0, 0.05) is 43.9 Å². The Kier molecular flexibility index (Phi) is 6.38. The van der Waals surface area contributed by atoms with E-state index in [1.165, 1.54) is 12.8 Å². The first kappa shape index (κ1) is 19.0. The lowest BCUT2D eigenvalue weighted by Crippen LogP contribution is -2.58. The fourth-order valence-corrected chi connectivity index (χ4v) is 4.26. The molecule has 1 atom stereocenters. The molecule has 3 rings (SSSR count). The van der Waals surface area contributed by atoms with E-state index in [0.717, 1.165) is 25.9 Å². The lowest BCUT2D eigenvalue weighted by atomic mass is 9.95. The summed E-state index contributed by atoms with van der Waals surface area (Å²) in [6.45, 7) is 2.67. The van der Waals surface area contributed by atoms with E-state index in [9.17, 15) is 9.59 Å². The van der Waals surface area contributed by atoms with Gasteiger partial charge in [-0.05, 0) is 37.0 Å². The predicted molar refractivity (Wildman–Crippen MR) is 103 cm³/mol. The van der Waals surface area contributed by atoms with Crippen LogP contribution in [0, 0.1) is 5.92 Å². The minimum absolute atomic E-state index is 0.0689. The van der Waals surface area contributed by atoms with Crippen molar-refractivity contribution < 1.29 is 9.59 Å². The Hall–Kier alpha value is -1.79. The third-order valence-electron chi connectivity index (χ3n) is 5.43. The van der Waals surface area contributed by atoms with Crippen molar-refractivity contribution >= 4 is 29.2 Å². The summed E-state index contributed by atoms with van der Waals surface area (Å²) >= 11 is 5.96. The molecule has 142 valence electrons. The van der Waals surface area contributed by atoms with Gasteiger partial charge < -0.3 is 15.5 Å². The second-order valence-electron chi connectivity index (χ2n) is 7.07. The van der Waals surface area contributed by atoms with Crippen LogP contribution >= 0.6 is 11.6 Å². The average molecular weight is 379 g/mol. The predicted octanol–water partition coefficient (Wildman–Crippen LogP) is 2.79. The highest BCUT2D eigenvalue weighted by Crippen LogP contribution is 2.31. The van der Waals surface area contributed by atoms with Crippen molar-refractivity contribution in [2.45, 2.75) is 31.7 Å². The normalized spacial score (nSPS) is 20.0. The van der Waals surface area contributed by atoms with E-state index in [0.29, 0.717) is 29.7 Å². The number of halogens is 1. The first-order chi connectivity index (χ1) is 12.6. The molecule has 0 unspecified atom stereocenters. The molecule has 1 aliphatic heterocycles. The van der Waals surface area contributed by atoms with Crippen LogP contribution in [0.3, 0.4) is 0 Å².